The molecule has 2 N–H and O–H groups in total. The molecule has 0 spiro atoms. The quantitative estimate of drug-likeness (QED) is 0.0987. The molecule has 5 aromatic rings. The van der Waals surface area contributed by atoms with Gasteiger partial charge in [0.1, 0.15) is 5.75 Å². The number of nitrogens with zero attached hydrogens (tertiary/aromatic N) is 2. The molecule has 2 saturated heterocycles. The van der Waals surface area contributed by atoms with Gasteiger partial charge >= 0.3 is 0 Å². The molecular formula is C46H36ClN3O6. The van der Waals surface area contributed by atoms with Crippen molar-refractivity contribution in [1.29, 1.82) is 0 Å². The standard InChI is InChI=1S/C46H36ClN3O6/c1-26-12-16-30(17-13-26)48-50-43(54)37-25-36-33(40(34-21-20-32(51)24-38(34)47)46(37,45(50)56)29-10-6-3-7-11-29)22-23-35-39(36)44(55)49(42(35)53)31-18-14-28(15-19-31)41(52)27-8-4-2-5-9-27/h2-22,24,35-37,39-40,48,51H,23,25H2,1H3. The number of ketones is 1. The molecule has 9 rings (SSSR count). The van der Waals surface area contributed by atoms with Crippen molar-refractivity contribution in [3.05, 3.63) is 172 Å². The number of carbonyl (C=O) groups excluding carboxylic acids is 5. The SMILES string of the molecule is Cc1ccc(NN2C(=O)C3CC4C(=CCC5C(=O)N(c6ccc(C(=O)c7ccccc7)cc6)C(=O)C54)C(c4ccc(O)cc4Cl)C3(c3ccccc3)C2=O)cc1. The fourth-order valence-electron chi connectivity index (χ4n) is 9.61. The average Bonchev–Trinajstić information content (AvgIpc) is 3.60. The number of imide groups is 2. The number of aryl methyl sites for hydroxylation is 1. The maximum atomic E-state index is 15.3. The summed E-state index contributed by atoms with van der Waals surface area (Å²) in [7, 11) is 0. The number of phenols is 1. The minimum absolute atomic E-state index is 0.0608. The Labute approximate surface area is 328 Å². The van der Waals surface area contributed by atoms with E-state index in [0.717, 1.165) is 16.1 Å². The van der Waals surface area contributed by atoms with Crippen LogP contribution in [0.2, 0.25) is 5.02 Å². The number of amides is 4. The van der Waals surface area contributed by atoms with Crippen LogP contribution in [0.25, 0.3) is 0 Å². The Kier molecular flexibility index (Phi) is 8.50. The van der Waals surface area contributed by atoms with E-state index >= 15 is 4.79 Å². The largest absolute Gasteiger partial charge is 0.508 e. The van der Waals surface area contributed by atoms with Crippen LogP contribution in [0, 0.1) is 30.6 Å². The van der Waals surface area contributed by atoms with Crippen molar-refractivity contribution in [2.75, 3.05) is 10.3 Å². The summed E-state index contributed by atoms with van der Waals surface area (Å²) in [6.07, 6.45) is 2.32. The summed E-state index contributed by atoms with van der Waals surface area (Å²) in [6, 6.07) is 36.5. The number of allylic oxidation sites excluding steroid dienone is 2. The van der Waals surface area contributed by atoms with Crippen LogP contribution in [-0.4, -0.2) is 39.5 Å². The van der Waals surface area contributed by atoms with Gasteiger partial charge in [-0.2, -0.15) is 5.01 Å². The van der Waals surface area contributed by atoms with Crippen LogP contribution in [-0.2, 0) is 24.6 Å². The van der Waals surface area contributed by atoms with Gasteiger partial charge in [0, 0.05) is 22.1 Å². The summed E-state index contributed by atoms with van der Waals surface area (Å²) in [5, 5.41) is 11.8. The van der Waals surface area contributed by atoms with Gasteiger partial charge in [-0.15, -0.1) is 0 Å². The van der Waals surface area contributed by atoms with Crippen LogP contribution in [0.1, 0.15) is 51.4 Å². The molecule has 0 radical (unpaired) electrons. The predicted octanol–water partition coefficient (Wildman–Crippen LogP) is 7.77. The third kappa shape index (κ3) is 5.33. The Morgan fingerprint density at radius 2 is 1.43 bits per heavy atom. The lowest BCUT2D eigenvalue weighted by Gasteiger charge is -2.50. The highest BCUT2D eigenvalue weighted by Crippen LogP contribution is 2.64. The molecule has 5 aromatic carbocycles. The molecule has 0 bridgehead atoms. The van der Waals surface area contributed by atoms with Crippen molar-refractivity contribution in [2.24, 2.45) is 23.7 Å². The molecular weight excluding hydrogens is 726 g/mol. The second-order valence-electron chi connectivity index (χ2n) is 15.1. The summed E-state index contributed by atoms with van der Waals surface area (Å²) in [4.78, 5) is 73.4. The van der Waals surface area contributed by atoms with Crippen molar-refractivity contribution < 1.29 is 29.1 Å². The van der Waals surface area contributed by atoms with E-state index < -0.39 is 52.7 Å². The molecule has 2 aliphatic carbocycles. The molecule has 6 unspecified atom stereocenters. The summed E-state index contributed by atoms with van der Waals surface area (Å²) in [5.41, 5.74) is 6.38. The zero-order chi connectivity index (χ0) is 38.9. The number of carbonyl (C=O) groups is 5. The fourth-order valence-corrected chi connectivity index (χ4v) is 9.90. The third-order valence-corrected chi connectivity index (χ3v) is 12.4. The van der Waals surface area contributed by atoms with E-state index in [0.29, 0.717) is 33.6 Å². The Bertz CT molecular complexity index is 2470. The first-order valence-electron chi connectivity index (χ1n) is 18.6. The number of nitrogens with one attached hydrogen (secondary N) is 1. The smallest absolute Gasteiger partial charge is 0.260 e. The number of hydrazine groups is 1. The molecule has 9 nitrogen and oxygen atoms in total. The van der Waals surface area contributed by atoms with Crippen LogP contribution in [0.3, 0.4) is 0 Å². The number of anilines is 2. The minimum Gasteiger partial charge on any atom is -0.508 e. The van der Waals surface area contributed by atoms with E-state index in [9.17, 15) is 24.3 Å². The number of aromatic hydroxyl groups is 1. The number of hydrogen-bond donors (Lipinski definition) is 2. The van der Waals surface area contributed by atoms with Gasteiger partial charge in [0.05, 0.1) is 34.5 Å². The zero-order valence-corrected chi connectivity index (χ0v) is 31.0. The first kappa shape index (κ1) is 35.4. The summed E-state index contributed by atoms with van der Waals surface area (Å²) in [5.74, 6) is -5.79. The number of phenolic OH excluding ortho intramolecular Hbond substituents is 1. The minimum atomic E-state index is -1.49. The maximum Gasteiger partial charge on any atom is 0.260 e. The van der Waals surface area contributed by atoms with Crippen molar-refractivity contribution >= 4 is 52.4 Å². The van der Waals surface area contributed by atoms with Gasteiger partial charge in [0.25, 0.3) is 11.8 Å². The lowest BCUT2D eigenvalue weighted by atomic mass is 9.49. The lowest BCUT2D eigenvalue weighted by Crippen LogP contribution is -2.53. The lowest BCUT2D eigenvalue weighted by molar-refractivity contribution is -0.138. The predicted molar refractivity (Wildman–Crippen MR) is 211 cm³/mol. The number of halogens is 1. The first-order chi connectivity index (χ1) is 27.1. The molecule has 4 aliphatic rings. The molecule has 0 aromatic heterocycles. The van der Waals surface area contributed by atoms with Gasteiger partial charge in [0.15, 0.2) is 5.78 Å². The van der Waals surface area contributed by atoms with Crippen molar-refractivity contribution in [3.63, 3.8) is 0 Å². The van der Waals surface area contributed by atoms with E-state index in [4.69, 9.17) is 11.6 Å². The van der Waals surface area contributed by atoms with E-state index in [1.807, 2.05) is 61.5 Å². The fraction of sp³-hybridized carbons (Fsp3) is 0.196. The highest BCUT2D eigenvalue weighted by molar-refractivity contribution is 6.31. The normalized spacial score (nSPS) is 25.4. The zero-order valence-electron chi connectivity index (χ0n) is 30.3. The van der Waals surface area contributed by atoms with Gasteiger partial charge < -0.3 is 5.11 Å². The summed E-state index contributed by atoms with van der Waals surface area (Å²) in [6.45, 7) is 1.95. The van der Waals surface area contributed by atoms with Crippen LogP contribution < -0.4 is 10.3 Å². The van der Waals surface area contributed by atoms with Gasteiger partial charge in [-0.25, -0.2) is 0 Å². The average molecular weight is 762 g/mol. The molecule has 3 fully saturated rings. The molecule has 278 valence electrons. The molecule has 2 heterocycles. The van der Waals surface area contributed by atoms with Crippen molar-refractivity contribution in [2.45, 2.75) is 31.1 Å². The Morgan fingerprint density at radius 3 is 2.11 bits per heavy atom. The van der Waals surface area contributed by atoms with E-state index in [-0.39, 0.29) is 35.3 Å². The molecule has 10 heteroatoms. The van der Waals surface area contributed by atoms with Crippen LogP contribution in [0.15, 0.2) is 139 Å². The van der Waals surface area contributed by atoms with E-state index in [1.165, 1.54) is 17.0 Å². The highest BCUT2D eigenvalue weighted by atomic mass is 35.5. The molecule has 4 amide bonds. The van der Waals surface area contributed by atoms with Gasteiger partial charge in [0.2, 0.25) is 11.8 Å². The number of fused-ring (bicyclic) bond motifs is 4. The van der Waals surface area contributed by atoms with Gasteiger partial charge in [-0.05, 0) is 85.3 Å². The Morgan fingerprint density at radius 1 is 0.768 bits per heavy atom. The van der Waals surface area contributed by atoms with E-state index in [1.54, 1.807) is 66.7 Å². The van der Waals surface area contributed by atoms with Crippen molar-refractivity contribution in [1.82, 2.24) is 5.01 Å². The third-order valence-electron chi connectivity index (χ3n) is 12.1. The number of rotatable bonds is 7. The van der Waals surface area contributed by atoms with Crippen LogP contribution >= 0.6 is 11.6 Å². The van der Waals surface area contributed by atoms with Crippen LogP contribution in [0.5, 0.6) is 5.75 Å². The van der Waals surface area contributed by atoms with Crippen LogP contribution in [0.4, 0.5) is 11.4 Å². The van der Waals surface area contributed by atoms with Crippen molar-refractivity contribution in [3.8, 4) is 5.75 Å². The monoisotopic (exact) mass is 761 g/mol. The second-order valence-corrected chi connectivity index (χ2v) is 15.5. The molecule has 6 atom stereocenters. The summed E-state index contributed by atoms with van der Waals surface area (Å²) >= 11 is 6.97. The molecule has 1 saturated carbocycles. The Balaban J connectivity index is 1.15. The number of benzene rings is 5. The second kappa shape index (κ2) is 13.5. The topological polar surface area (TPSA) is 124 Å². The Hall–Kier alpha value is -6.32. The summed E-state index contributed by atoms with van der Waals surface area (Å²) < 4.78 is 0. The molecule has 2 aliphatic heterocycles. The number of hydrogen-bond acceptors (Lipinski definition) is 7. The van der Waals surface area contributed by atoms with E-state index in [2.05, 4.69) is 5.43 Å². The van der Waals surface area contributed by atoms with Gasteiger partial charge in [-0.3, -0.25) is 34.3 Å². The first-order valence-corrected chi connectivity index (χ1v) is 19.0. The highest BCUT2D eigenvalue weighted by Gasteiger charge is 2.70. The van der Waals surface area contributed by atoms with Gasteiger partial charge in [-0.1, -0.05) is 108 Å². The maximum absolute atomic E-state index is 15.3. The molecule has 56 heavy (non-hydrogen) atoms.